The molecule has 0 unspecified atom stereocenters. The van der Waals surface area contributed by atoms with Crippen LogP contribution < -0.4 is 4.90 Å². The summed E-state index contributed by atoms with van der Waals surface area (Å²) in [5.74, 6) is 0. The summed E-state index contributed by atoms with van der Waals surface area (Å²) in [5.41, 5.74) is 19.9. The number of fused-ring (bicyclic) bond motifs is 13. The molecule has 2 nitrogen and oxygen atoms in total. The smallest absolute Gasteiger partial charge is 0.136 e. The van der Waals surface area contributed by atoms with Crippen LogP contribution in [-0.4, -0.2) is 0 Å². The molecule has 0 atom stereocenters. The average Bonchev–Trinajstić information content (AvgIpc) is 3.92. The van der Waals surface area contributed by atoms with Gasteiger partial charge >= 0.3 is 0 Å². The van der Waals surface area contributed by atoms with Crippen LogP contribution in [-0.2, 0) is 5.41 Å². The van der Waals surface area contributed by atoms with Crippen molar-refractivity contribution in [1.29, 1.82) is 0 Å². The van der Waals surface area contributed by atoms with Gasteiger partial charge in [-0.25, -0.2) is 0 Å². The van der Waals surface area contributed by atoms with E-state index in [9.17, 15) is 0 Å². The van der Waals surface area contributed by atoms with Crippen LogP contribution >= 0.6 is 0 Å². The fourth-order valence-electron chi connectivity index (χ4n) is 10.1. The van der Waals surface area contributed by atoms with Crippen LogP contribution in [0, 0.1) is 0 Å². The predicted molar refractivity (Wildman–Crippen MR) is 236 cm³/mol. The van der Waals surface area contributed by atoms with E-state index in [0.29, 0.717) is 0 Å². The van der Waals surface area contributed by atoms with Gasteiger partial charge in [0.25, 0.3) is 0 Å². The van der Waals surface area contributed by atoms with Crippen LogP contribution in [0.15, 0.2) is 217 Å². The number of hydrogen-bond acceptors (Lipinski definition) is 2. The molecule has 2 heteroatoms. The first-order valence-electron chi connectivity index (χ1n) is 19.7. The van der Waals surface area contributed by atoms with Crippen LogP contribution in [0.25, 0.3) is 66.4 Å². The van der Waals surface area contributed by atoms with E-state index in [1.807, 2.05) is 12.1 Å². The Morgan fingerprint density at radius 1 is 0.333 bits per heavy atom. The standard InChI is InChI=1S/C55H35NO/c1-2-16-36(17-3-1)39-18-7-12-28-49(39)56(38-34-32-37(33-35-38)40-23-14-31-52-53(40)44-22-8-13-30-51(44)57-52)50-29-15-27-48-54(50)43-21-6-11-26-47(43)55(48)45-24-9-4-19-41(45)42-20-5-10-25-46(42)55/h1-35H. The van der Waals surface area contributed by atoms with Gasteiger partial charge in [0, 0.05) is 27.6 Å². The van der Waals surface area contributed by atoms with Crippen molar-refractivity contribution in [3.05, 3.63) is 235 Å². The topological polar surface area (TPSA) is 16.4 Å². The largest absolute Gasteiger partial charge is 0.456 e. The zero-order valence-electron chi connectivity index (χ0n) is 31.1. The van der Waals surface area contributed by atoms with Crippen LogP contribution in [0.4, 0.5) is 17.1 Å². The number of para-hydroxylation sites is 2. The highest BCUT2D eigenvalue weighted by Crippen LogP contribution is 2.64. The molecule has 10 aromatic rings. The maximum absolute atomic E-state index is 6.29. The van der Waals surface area contributed by atoms with Crippen molar-refractivity contribution < 1.29 is 4.42 Å². The molecule has 0 saturated heterocycles. The quantitative estimate of drug-likeness (QED) is 0.176. The van der Waals surface area contributed by atoms with E-state index in [0.717, 1.165) is 50.1 Å². The van der Waals surface area contributed by atoms with Crippen molar-refractivity contribution in [3.8, 4) is 44.5 Å². The molecule has 12 rings (SSSR count). The van der Waals surface area contributed by atoms with Crippen LogP contribution in [0.1, 0.15) is 22.3 Å². The molecular formula is C55H35NO. The SMILES string of the molecule is c1ccc(-c2ccccc2N(c2ccc(-c3cccc4oc5ccccc5c34)cc2)c2cccc3c2-c2ccccc2C32c3ccccc3-c3ccccc32)cc1. The van der Waals surface area contributed by atoms with Gasteiger partial charge in [-0.15, -0.1) is 0 Å². The lowest BCUT2D eigenvalue weighted by atomic mass is 9.70. The van der Waals surface area contributed by atoms with Crippen molar-refractivity contribution in [2.45, 2.75) is 5.41 Å². The fraction of sp³-hybridized carbons (Fsp3) is 0.0182. The highest BCUT2D eigenvalue weighted by Gasteiger charge is 2.52. The van der Waals surface area contributed by atoms with Crippen molar-refractivity contribution in [3.63, 3.8) is 0 Å². The Morgan fingerprint density at radius 3 is 1.60 bits per heavy atom. The van der Waals surface area contributed by atoms with Gasteiger partial charge in [0.2, 0.25) is 0 Å². The summed E-state index contributed by atoms with van der Waals surface area (Å²) in [7, 11) is 0. The number of anilines is 3. The summed E-state index contributed by atoms with van der Waals surface area (Å²) >= 11 is 0. The minimum atomic E-state index is -0.435. The second-order valence-electron chi connectivity index (χ2n) is 15.1. The van der Waals surface area contributed by atoms with Crippen LogP contribution in [0.2, 0.25) is 0 Å². The van der Waals surface area contributed by atoms with Gasteiger partial charge in [0.1, 0.15) is 11.2 Å². The first-order valence-corrected chi connectivity index (χ1v) is 19.7. The lowest BCUT2D eigenvalue weighted by molar-refractivity contribution is 0.669. The summed E-state index contributed by atoms with van der Waals surface area (Å²) < 4.78 is 6.29. The molecule has 9 aromatic carbocycles. The third-order valence-electron chi connectivity index (χ3n) is 12.3. The molecule has 0 amide bonds. The van der Waals surface area contributed by atoms with E-state index in [4.69, 9.17) is 4.42 Å². The zero-order chi connectivity index (χ0) is 37.5. The molecule has 0 N–H and O–H groups in total. The molecule has 0 fully saturated rings. The van der Waals surface area contributed by atoms with Crippen LogP contribution in [0.3, 0.4) is 0 Å². The Hall–Kier alpha value is -7.42. The summed E-state index contributed by atoms with van der Waals surface area (Å²) in [6, 6.07) is 77.5. The summed E-state index contributed by atoms with van der Waals surface area (Å²) in [6.45, 7) is 0. The molecule has 0 radical (unpaired) electrons. The van der Waals surface area contributed by atoms with Gasteiger partial charge < -0.3 is 9.32 Å². The van der Waals surface area contributed by atoms with E-state index in [2.05, 4.69) is 205 Å². The summed E-state index contributed by atoms with van der Waals surface area (Å²) in [5, 5.41) is 2.28. The molecular weight excluding hydrogens is 691 g/mol. The van der Waals surface area contributed by atoms with Gasteiger partial charge in [-0.2, -0.15) is 0 Å². The molecule has 57 heavy (non-hydrogen) atoms. The molecule has 0 saturated carbocycles. The van der Waals surface area contributed by atoms with Gasteiger partial charge in [-0.1, -0.05) is 176 Å². The van der Waals surface area contributed by atoms with E-state index in [1.54, 1.807) is 0 Å². The monoisotopic (exact) mass is 725 g/mol. The van der Waals surface area contributed by atoms with Crippen LogP contribution in [0.5, 0.6) is 0 Å². The van der Waals surface area contributed by atoms with Gasteiger partial charge in [-0.3, -0.25) is 0 Å². The Labute approximate surface area is 331 Å². The third kappa shape index (κ3) is 4.47. The van der Waals surface area contributed by atoms with Gasteiger partial charge in [0.05, 0.1) is 16.8 Å². The molecule has 1 aromatic heterocycles. The van der Waals surface area contributed by atoms with Crippen molar-refractivity contribution in [1.82, 2.24) is 0 Å². The predicted octanol–water partition coefficient (Wildman–Crippen LogP) is 14.7. The molecule has 0 bridgehead atoms. The van der Waals surface area contributed by atoms with E-state index in [-0.39, 0.29) is 0 Å². The third-order valence-corrected chi connectivity index (χ3v) is 12.3. The summed E-state index contributed by atoms with van der Waals surface area (Å²) in [6.07, 6.45) is 0. The lowest BCUT2D eigenvalue weighted by Crippen LogP contribution is -2.26. The Kier molecular flexibility index (Phi) is 6.88. The maximum Gasteiger partial charge on any atom is 0.136 e. The molecule has 1 heterocycles. The van der Waals surface area contributed by atoms with Gasteiger partial charge in [-0.05, 0) is 92.0 Å². The molecule has 266 valence electrons. The second kappa shape index (κ2) is 12.3. The molecule has 2 aliphatic carbocycles. The summed E-state index contributed by atoms with van der Waals surface area (Å²) in [4.78, 5) is 2.49. The number of benzene rings is 9. The molecule has 2 aliphatic rings. The fourth-order valence-corrected chi connectivity index (χ4v) is 10.1. The highest BCUT2D eigenvalue weighted by atomic mass is 16.3. The Morgan fingerprint density at radius 2 is 0.842 bits per heavy atom. The van der Waals surface area contributed by atoms with Crippen molar-refractivity contribution in [2.24, 2.45) is 0 Å². The van der Waals surface area contributed by atoms with E-state index >= 15 is 0 Å². The number of hydrogen-bond donors (Lipinski definition) is 0. The number of rotatable bonds is 5. The zero-order valence-corrected chi connectivity index (χ0v) is 31.1. The number of nitrogens with zero attached hydrogens (tertiary/aromatic N) is 1. The van der Waals surface area contributed by atoms with E-state index in [1.165, 1.54) is 55.6 Å². The average molecular weight is 726 g/mol. The van der Waals surface area contributed by atoms with Gasteiger partial charge in [0.15, 0.2) is 0 Å². The minimum Gasteiger partial charge on any atom is -0.456 e. The first kappa shape index (κ1) is 31.9. The highest BCUT2D eigenvalue weighted by molar-refractivity contribution is 6.12. The Balaban J connectivity index is 1.12. The maximum atomic E-state index is 6.29. The second-order valence-corrected chi connectivity index (χ2v) is 15.1. The Bertz CT molecular complexity index is 3140. The van der Waals surface area contributed by atoms with Crippen molar-refractivity contribution >= 4 is 39.0 Å². The molecule has 0 aliphatic heterocycles. The normalized spacial score (nSPS) is 13.1. The number of furan rings is 1. The molecule has 1 spiro atoms. The minimum absolute atomic E-state index is 0.435. The van der Waals surface area contributed by atoms with E-state index < -0.39 is 5.41 Å². The van der Waals surface area contributed by atoms with Crippen molar-refractivity contribution in [2.75, 3.05) is 4.90 Å². The first-order chi connectivity index (χ1) is 28.3. The lowest BCUT2D eigenvalue weighted by Gasteiger charge is -2.32.